The van der Waals surface area contributed by atoms with Crippen molar-refractivity contribution in [2.24, 2.45) is 0 Å². The monoisotopic (exact) mass is 342 g/mol. The molecule has 2 rings (SSSR count). The molecule has 2 aromatic rings. The number of hydrogen-bond acceptors (Lipinski definition) is 2. The van der Waals surface area contributed by atoms with Gasteiger partial charge >= 0.3 is 0 Å². The van der Waals surface area contributed by atoms with E-state index in [1.807, 2.05) is 18.2 Å². The van der Waals surface area contributed by atoms with E-state index < -0.39 is 16.4 Å². The minimum Gasteiger partial charge on any atom is -0.536 e. The molecule has 0 unspecified atom stereocenters. The summed E-state index contributed by atoms with van der Waals surface area (Å²) in [7, 11) is -3.36. The first-order chi connectivity index (χ1) is 10.7. The van der Waals surface area contributed by atoms with E-state index in [9.17, 15) is 0 Å². The van der Waals surface area contributed by atoms with Gasteiger partial charge in [0.05, 0.1) is 14.3 Å². The van der Waals surface area contributed by atoms with Gasteiger partial charge in [0, 0.05) is 0 Å². The highest BCUT2D eigenvalue weighted by Crippen LogP contribution is 2.28. The van der Waals surface area contributed by atoms with Gasteiger partial charge in [-0.3, -0.25) is 0 Å². The van der Waals surface area contributed by atoms with Crippen LogP contribution in [0.4, 0.5) is 0 Å². The summed E-state index contributed by atoms with van der Waals surface area (Å²) >= 11 is 0. The third kappa shape index (κ3) is 5.13. The maximum absolute atomic E-state index is 6.28. The third-order valence-corrected chi connectivity index (χ3v) is 5.93. The lowest BCUT2D eigenvalue weighted by atomic mass is 10.2. The van der Waals surface area contributed by atoms with Crippen molar-refractivity contribution in [2.45, 2.75) is 39.3 Å². The molecule has 0 spiro atoms. The Labute approximate surface area is 141 Å². The lowest BCUT2D eigenvalue weighted by molar-refractivity contribution is 0.464. The molecule has 0 fully saturated rings. The molecule has 0 amide bonds. The van der Waals surface area contributed by atoms with Crippen molar-refractivity contribution < 1.29 is 8.84 Å². The molecule has 0 saturated heterocycles. The van der Waals surface area contributed by atoms with E-state index in [-0.39, 0.29) is 0 Å². The minimum atomic E-state index is -1.76. The second kappa shape index (κ2) is 6.79. The molecule has 122 valence electrons. The molecule has 0 atom stereocenters. The van der Waals surface area contributed by atoms with Gasteiger partial charge in [-0.2, -0.15) is 0 Å². The molecule has 2 nitrogen and oxygen atoms in total. The Morgan fingerprint density at radius 3 is 2.04 bits per heavy atom. The quantitative estimate of drug-likeness (QED) is 0.376. The maximum atomic E-state index is 6.28. The van der Waals surface area contributed by atoms with Crippen molar-refractivity contribution in [3.8, 4) is 0 Å². The number of hydrogen-bond donors (Lipinski definition) is 0. The highest BCUT2D eigenvalue weighted by Gasteiger charge is 2.24. The highest BCUT2D eigenvalue weighted by molar-refractivity contribution is 6.93. The summed E-state index contributed by atoms with van der Waals surface area (Å²) in [5.74, 6) is 1.48. The molecule has 1 heterocycles. The van der Waals surface area contributed by atoms with E-state index in [1.165, 1.54) is 10.8 Å². The fourth-order valence-corrected chi connectivity index (χ4v) is 4.55. The molecule has 4 heteroatoms. The molecule has 0 aliphatic heterocycles. The van der Waals surface area contributed by atoms with Crippen LogP contribution in [0.5, 0.6) is 0 Å². The lowest BCUT2D eigenvalue weighted by Crippen LogP contribution is -2.25. The average molecular weight is 343 g/mol. The predicted molar refractivity (Wildman–Crippen MR) is 103 cm³/mol. The van der Waals surface area contributed by atoms with Crippen LogP contribution in [-0.4, -0.2) is 16.4 Å². The van der Waals surface area contributed by atoms with E-state index in [0.717, 1.165) is 11.5 Å². The molecule has 0 aliphatic rings. The second-order valence-corrected chi connectivity index (χ2v) is 17.1. The Hall–Kier alpha value is -1.75. The zero-order valence-electron chi connectivity index (χ0n) is 14.9. The van der Waals surface area contributed by atoms with Crippen LogP contribution in [0, 0.1) is 0 Å². The fourth-order valence-electron chi connectivity index (χ4n) is 2.26. The van der Waals surface area contributed by atoms with Gasteiger partial charge < -0.3 is 8.84 Å². The molecule has 0 N–H and O–H groups in total. The highest BCUT2D eigenvalue weighted by atomic mass is 28.4. The van der Waals surface area contributed by atoms with Crippen LogP contribution >= 0.6 is 0 Å². The molecule has 0 radical (unpaired) electrons. The minimum absolute atomic E-state index is 0.732. The molecule has 1 aromatic carbocycles. The zero-order chi connectivity index (χ0) is 17.1. The van der Waals surface area contributed by atoms with E-state index in [1.54, 1.807) is 6.26 Å². The summed E-state index contributed by atoms with van der Waals surface area (Å²) in [6, 6.07) is 14.3. The summed E-state index contributed by atoms with van der Waals surface area (Å²) in [6.45, 7) is 13.5. The number of furan rings is 1. The van der Waals surface area contributed by atoms with Crippen LogP contribution in [0.2, 0.25) is 39.3 Å². The van der Waals surface area contributed by atoms with Crippen molar-refractivity contribution >= 4 is 27.3 Å². The first-order valence-electron chi connectivity index (χ1n) is 7.96. The Morgan fingerprint density at radius 2 is 1.57 bits per heavy atom. The van der Waals surface area contributed by atoms with E-state index in [4.69, 9.17) is 8.84 Å². The van der Waals surface area contributed by atoms with Crippen molar-refractivity contribution in [3.63, 3.8) is 0 Å². The number of rotatable bonds is 5. The second-order valence-electron chi connectivity index (χ2n) is 7.64. The van der Waals surface area contributed by atoms with Gasteiger partial charge in [-0.15, -0.1) is 0 Å². The molecule has 0 aliphatic carbocycles. The Morgan fingerprint density at radius 1 is 0.913 bits per heavy atom. The maximum Gasteiger partial charge on any atom is 0.243 e. The molecule has 23 heavy (non-hydrogen) atoms. The molecule has 1 aromatic heterocycles. The van der Waals surface area contributed by atoms with Crippen molar-refractivity contribution in [1.82, 2.24) is 0 Å². The normalized spacial score (nSPS) is 11.7. The zero-order valence-corrected chi connectivity index (χ0v) is 16.9. The molecule has 0 saturated carbocycles. The van der Waals surface area contributed by atoms with Crippen LogP contribution in [0.1, 0.15) is 11.3 Å². The summed E-state index contributed by atoms with van der Waals surface area (Å²) in [6.07, 6.45) is 1.68. The van der Waals surface area contributed by atoms with Crippen molar-refractivity contribution in [2.75, 3.05) is 0 Å². The van der Waals surface area contributed by atoms with Gasteiger partial charge in [0.2, 0.25) is 8.32 Å². The SMILES string of the molecule is C[Si](C)(C)OC(=C=C(c1ccccc1)[Si](C)(C)C)c1ccco1. The van der Waals surface area contributed by atoms with Crippen LogP contribution in [-0.2, 0) is 4.43 Å². The van der Waals surface area contributed by atoms with Crippen LogP contribution in [0.3, 0.4) is 0 Å². The van der Waals surface area contributed by atoms with Crippen LogP contribution in [0.25, 0.3) is 11.0 Å². The van der Waals surface area contributed by atoms with E-state index in [2.05, 4.69) is 69.3 Å². The smallest absolute Gasteiger partial charge is 0.243 e. The van der Waals surface area contributed by atoms with Crippen molar-refractivity contribution in [3.05, 3.63) is 65.8 Å². The third-order valence-electron chi connectivity index (χ3n) is 3.20. The van der Waals surface area contributed by atoms with Crippen molar-refractivity contribution in [1.29, 1.82) is 0 Å². The van der Waals surface area contributed by atoms with Crippen LogP contribution in [0.15, 0.2) is 58.9 Å². The fraction of sp³-hybridized carbons (Fsp3) is 0.316. The standard InChI is InChI=1S/C19H26O2Si2/c1-22(2,3)19(16-11-8-7-9-12-16)15-18(21-23(4,5)6)17-13-10-14-20-17/h7-14H,1-6H3. The largest absolute Gasteiger partial charge is 0.536 e. The Bertz CT molecular complexity index is 696. The first-order valence-corrected chi connectivity index (χ1v) is 14.9. The molecular weight excluding hydrogens is 316 g/mol. The van der Waals surface area contributed by atoms with Gasteiger partial charge in [0.15, 0.2) is 11.5 Å². The summed E-state index contributed by atoms with van der Waals surface area (Å²) in [5, 5.41) is 1.25. The Balaban J connectivity index is 2.69. The molecular formula is C19H26O2Si2. The van der Waals surface area contributed by atoms with Crippen LogP contribution < -0.4 is 0 Å². The first kappa shape index (κ1) is 17.6. The van der Waals surface area contributed by atoms with E-state index >= 15 is 0 Å². The average Bonchev–Trinajstić information content (AvgIpc) is 2.96. The van der Waals surface area contributed by atoms with Gasteiger partial charge in [-0.25, -0.2) is 0 Å². The Kier molecular flexibility index (Phi) is 5.20. The molecule has 0 bridgehead atoms. The topological polar surface area (TPSA) is 22.4 Å². The van der Waals surface area contributed by atoms with Gasteiger partial charge in [0.25, 0.3) is 0 Å². The lowest BCUT2D eigenvalue weighted by Gasteiger charge is -2.22. The summed E-state index contributed by atoms with van der Waals surface area (Å²) in [4.78, 5) is 0. The predicted octanol–water partition coefficient (Wildman–Crippen LogP) is 6.03. The van der Waals surface area contributed by atoms with E-state index in [0.29, 0.717) is 0 Å². The van der Waals surface area contributed by atoms with Gasteiger partial charge in [-0.1, -0.05) is 55.7 Å². The summed E-state index contributed by atoms with van der Waals surface area (Å²) < 4.78 is 11.9. The number of benzene rings is 1. The van der Waals surface area contributed by atoms with Gasteiger partial charge in [0.1, 0.15) is 0 Å². The summed E-state index contributed by atoms with van der Waals surface area (Å²) in [5.41, 5.74) is 4.80. The van der Waals surface area contributed by atoms with Gasteiger partial charge in [-0.05, 0) is 42.5 Å².